The van der Waals surface area contributed by atoms with Crippen molar-refractivity contribution in [3.8, 4) is 0 Å². The average molecular weight is 308 g/mol. The SMILES string of the molecule is CC(C(=O)Nc1ccc2ccccc2c1)N(C)Cc1ccco1. The lowest BCUT2D eigenvalue weighted by Gasteiger charge is -2.23. The molecule has 0 bridgehead atoms. The van der Waals surface area contributed by atoms with Crippen molar-refractivity contribution < 1.29 is 9.21 Å². The Labute approximate surface area is 135 Å². The maximum atomic E-state index is 12.4. The molecule has 1 amide bonds. The van der Waals surface area contributed by atoms with Crippen molar-refractivity contribution in [2.24, 2.45) is 0 Å². The zero-order chi connectivity index (χ0) is 16.2. The van der Waals surface area contributed by atoms with E-state index in [1.54, 1.807) is 6.26 Å². The molecule has 0 aliphatic rings. The molecule has 3 rings (SSSR count). The molecule has 0 fully saturated rings. The highest BCUT2D eigenvalue weighted by atomic mass is 16.3. The number of carbonyl (C=O) groups is 1. The molecule has 1 heterocycles. The first-order valence-corrected chi connectivity index (χ1v) is 7.66. The molecule has 0 saturated carbocycles. The molecule has 1 N–H and O–H groups in total. The number of nitrogens with zero attached hydrogens (tertiary/aromatic N) is 1. The van der Waals surface area contributed by atoms with Crippen LogP contribution >= 0.6 is 0 Å². The molecule has 0 radical (unpaired) electrons. The van der Waals surface area contributed by atoms with Crippen molar-refractivity contribution in [3.63, 3.8) is 0 Å². The van der Waals surface area contributed by atoms with Gasteiger partial charge < -0.3 is 9.73 Å². The Balaban J connectivity index is 1.66. The summed E-state index contributed by atoms with van der Waals surface area (Å²) in [5.74, 6) is 0.812. The molecule has 3 aromatic rings. The number of carbonyl (C=O) groups excluding carboxylic acids is 1. The predicted octanol–water partition coefficient (Wildman–Crippen LogP) is 3.89. The highest BCUT2D eigenvalue weighted by Gasteiger charge is 2.19. The van der Waals surface area contributed by atoms with Gasteiger partial charge >= 0.3 is 0 Å². The van der Waals surface area contributed by atoms with E-state index in [-0.39, 0.29) is 11.9 Å². The van der Waals surface area contributed by atoms with Crippen molar-refractivity contribution in [2.75, 3.05) is 12.4 Å². The Kier molecular flexibility index (Phi) is 4.44. The monoisotopic (exact) mass is 308 g/mol. The standard InChI is InChI=1S/C19H20N2O2/c1-14(21(2)13-18-8-5-11-23-18)19(22)20-17-10-9-15-6-3-4-7-16(15)12-17/h3-12,14H,13H2,1-2H3,(H,20,22). The maximum absolute atomic E-state index is 12.4. The summed E-state index contributed by atoms with van der Waals surface area (Å²) in [5.41, 5.74) is 0.812. The molecule has 0 spiro atoms. The summed E-state index contributed by atoms with van der Waals surface area (Å²) in [4.78, 5) is 14.4. The molecule has 1 unspecified atom stereocenters. The van der Waals surface area contributed by atoms with Crippen molar-refractivity contribution in [1.82, 2.24) is 4.90 Å². The minimum atomic E-state index is -0.258. The van der Waals surface area contributed by atoms with E-state index in [2.05, 4.69) is 11.4 Å². The Morgan fingerprint density at radius 1 is 1.13 bits per heavy atom. The van der Waals surface area contributed by atoms with Gasteiger partial charge in [0.25, 0.3) is 0 Å². The lowest BCUT2D eigenvalue weighted by Crippen LogP contribution is -2.39. The van der Waals surface area contributed by atoms with E-state index in [4.69, 9.17) is 4.42 Å². The lowest BCUT2D eigenvalue weighted by molar-refractivity contribution is -0.120. The number of rotatable bonds is 5. The van der Waals surface area contributed by atoms with Gasteiger partial charge in [-0.3, -0.25) is 9.69 Å². The summed E-state index contributed by atoms with van der Waals surface area (Å²) in [7, 11) is 1.91. The van der Waals surface area contributed by atoms with E-state index in [1.807, 2.05) is 67.4 Å². The van der Waals surface area contributed by atoms with Gasteiger partial charge in [0.15, 0.2) is 0 Å². The fourth-order valence-electron chi connectivity index (χ4n) is 2.50. The second-order valence-electron chi connectivity index (χ2n) is 5.72. The largest absolute Gasteiger partial charge is 0.468 e. The normalized spacial score (nSPS) is 12.5. The number of amides is 1. The highest BCUT2D eigenvalue weighted by molar-refractivity contribution is 5.97. The molecule has 4 nitrogen and oxygen atoms in total. The molecule has 2 aromatic carbocycles. The van der Waals surface area contributed by atoms with Crippen LogP contribution in [0.25, 0.3) is 10.8 Å². The van der Waals surface area contributed by atoms with Gasteiger partial charge in [-0.05, 0) is 49.0 Å². The minimum absolute atomic E-state index is 0.0330. The van der Waals surface area contributed by atoms with Crippen LogP contribution in [0.4, 0.5) is 5.69 Å². The number of furan rings is 1. The molecular formula is C19H20N2O2. The summed E-state index contributed by atoms with van der Waals surface area (Å²) < 4.78 is 5.33. The highest BCUT2D eigenvalue weighted by Crippen LogP contribution is 2.19. The third kappa shape index (κ3) is 3.60. The molecule has 118 valence electrons. The van der Waals surface area contributed by atoms with Gasteiger partial charge in [0.2, 0.25) is 5.91 Å². The number of hydrogen-bond acceptors (Lipinski definition) is 3. The number of fused-ring (bicyclic) bond motifs is 1. The van der Waals surface area contributed by atoms with Crippen LogP contribution in [0.5, 0.6) is 0 Å². The van der Waals surface area contributed by atoms with Gasteiger partial charge in [0.05, 0.1) is 18.8 Å². The molecule has 0 aliphatic heterocycles. The van der Waals surface area contributed by atoms with Gasteiger partial charge in [0.1, 0.15) is 5.76 Å². The van der Waals surface area contributed by atoms with E-state index < -0.39 is 0 Å². The summed E-state index contributed by atoms with van der Waals surface area (Å²) in [6, 6.07) is 17.5. The van der Waals surface area contributed by atoms with Crippen molar-refractivity contribution >= 4 is 22.4 Å². The van der Waals surface area contributed by atoms with Crippen LogP contribution in [0.3, 0.4) is 0 Å². The number of hydrogen-bond donors (Lipinski definition) is 1. The van der Waals surface area contributed by atoms with Crippen LogP contribution in [-0.2, 0) is 11.3 Å². The molecule has 1 aromatic heterocycles. The fourth-order valence-corrected chi connectivity index (χ4v) is 2.50. The number of nitrogens with one attached hydrogen (secondary N) is 1. The quantitative estimate of drug-likeness (QED) is 0.777. The van der Waals surface area contributed by atoms with Gasteiger partial charge in [-0.1, -0.05) is 30.3 Å². The van der Waals surface area contributed by atoms with E-state index in [1.165, 1.54) is 0 Å². The second kappa shape index (κ2) is 6.67. The molecular weight excluding hydrogens is 288 g/mol. The first kappa shape index (κ1) is 15.3. The number of benzene rings is 2. The van der Waals surface area contributed by atoms with Crippen molar-refractivity contribution in [2.45, 2.75) is 19.5 Å². The zero-order valence-electron chi connectivity index (χ0n) is 13.3. The van der Waals surface area contributed by atoms with Gasteiger partial charge in [-0.2, -0.15) is 0 Å². The second-order valence-corrected chi connectivity index (χ2v) is 5.72. The molecule has 0 aliphatic carbocycles. The molecule has 23 heavy (non-hydrogen) atoms. The Bertz CT molecular complexity index is 796. The summed E-state index contributed by atoms with van der Waals surface area (Å²) in [6.07, 6.45) is 1.64. The third-order valence-electron chi connectivity index (χ3n) is 4.04. The van der Waals surface area contributed by atoms with E-state index in [0.717, 1.165) is 22.2 Å². The number of anilines is 1. The van der Waals surface area contributed by atoms with Crippen molar-refractivity contribution in [3.05, 3.63) is 66.6 Å². The Morgan fingerprint density at radius 3 is 2.65 bits per heavy atom. The average Bonchev–Trinajstić information content (AvgIpc) is 3.07. The molecule has 0 saturated heterocycles. The zero-order valence-corrected chi connectivity index (χ0v) is 13.3. The van der Waals surface area contributed by atoms with Gasteiger partial charge in [0, 0.05) is 5.69 Å². The van der Waals surface area contributed by atoms with Gasteiger partial charge in [-0.15, -0.1) is 0 Å². The fraction of sp³-hybridized carbons (Fsp3) is 0.211. The Morgan fingerprint density at radius 2 is 1.91 bits per heavy atom. The van der Waals surface area contributed by atoms with E-state index in [0.29, 0.717) is 6.54 Å². The van der Waals surface area contributed by atoms with E-state index >= 15 is 0 Å². The molecule has 1 atom stereocenters. The lowest BCUT2D eigenvalue weighted by atomic mass is 10.1. The Hall–Kier alpha value is -2.59. The first-order valence-electron chi connectivity index (χ1n) is 7.66. The van der Waals surface area contributed by atoms with Gasteiger partial charge in [-0.25, -0.2) is 0 Å². The van der Waals surface area contributed by atoms with Crippen LogP contribution in [0.2, 0.25) is 0 Å². The first-order chi connectivity index (χ1) is 11.1. The van der Waals surface area contributed by atoms with Crippen LogP contribution in [0, 0.1) is 0 Å². The molecule has 4 heteroatoms. The van der Waals surface area contributed by atoms with E-state index in [9.17, 15) is 4.79 Å². The van der Waals surface area contributed by atoms with Crippen LogP contribution < -0.4 is 5.32 Å². The number of likely N-dealkylation sites (N-methyl/N-ethyl adjacent to an activating group) is 1. The predicted molar refractivity (Wildman–Crippen MR) is 92.2 cm³/mol. The smallest absolute Gasteiger partial charge is 0.241 e. The topological polar surface area (TPSA) is 45.5 Å². The van der Waals surface area contributed by atoms with Crippen LogP contribution in [0.1, 0.15) is 12.7 Å². The summed E-state index contributed by atoms with van der Waals surface area (Å²) in [6.45, 7) is 2.48. The summed E-state index contributed by atoms with van der Waals surface area (Å²) in [5, 5.41) is 5.26. The minimum Gasteiger partial charge on any atom is -0.468 e. The third-order valence-corrected chi connectivity index (χ3v) is 4.04. The summed E-state index contributed by atoms with van der Waals surface area (Å²) >= 11 is 0. The van der Waals surface area contributed by atoms with Crippen LogP contribution in [-0.4, -0.2) is 23.9 Å². The van der Waals surface area contributed by atoms with Crippen molar-refractivity contribution in [1.29, 1.82) is 0 Å². The maximum Gasteiger partial charge on any atom is 0.241 e. The van der Waals surface area contributed by atoms with Crippen LogP contribution in [0.15, 0.2) is 65.3 Å².